The van der Waals surface area contributed by atoms with E-state index in [9.17, 15) is 9.59 Å². The van der Waals surface area contributed by atoms with E-state index in [0.717, 1.165) is 0 Å². The summed E-state index contributed by atoms with van der Waals surface area (Å²) in [4.78, 5) is 27.2. The summed E-state index contributed by atoms with van der Waals surface area (Å²) < 4.78 is 10.1. The van der Waals surface area contributed by atoms with Gasteiger partial charge in [-0.15, -0.1) is 11.3 Å². The molecule has 1 fully saturated rings. The molecule has 2 heterocycles. The van der Waals surface area contributed by atoms with Crippen molar-refractivity contribution in [3.63, 3.8) is 0 Å². The van der Waals surface area contributed by atoms with Gasteiger partial charge in [-0.05, 0) is 6.92 Å². The number of carbonyl (C=O) groups excluding carboxylic acids is 2. The van der Waals surface area contributed by atoms with Crippen molar-refractivity contribution in [3.05, 3.63) is 11.1 Å². The summed E-state index contributed by atoms with van der Waals surface area (Å²) in [5, 5.41) is 1.94. The van der Waals surface area contributed by atoms with Crippen molar-refractivity contribution in [1.82, 2.24) is 4.98 Å². The summed E-state index contributed by atoms with van der Waals surface area (Å²) in [5.74, 6) is -1.01. The van der Waals surface area contributed by atoms with E-state index in [0.29, 0.717) is 10.8 Å². The third-order valence-corrected chi connectivity index (χ3v) is 3.18. The number of ether oxygens (including phenoxy) is 2. The van der Waals surface area contributed by atoms with Crippen molar-refractivity contribution in [3.8, 4) is 0 Å². The van der Waals surface area contributed by atoms with E-state index in [-0.39, 0.29) is 19.4 Å². The molecule has 0 aliphatic carbocycles. The average Bonchev–Trinajstić information content (AvgIpc) is 2.86. The zero-order valence-electron chi connectivity index (χ0n) is 9.26. The average molecular weight is 256 g/mol. The standard InChI is InChI=1S/C10H12N2O4S/c1-2-15-8(14)10(4-3-7(13)16-10)6-5-17-9(11)12-6/h5H,2-4H2,1H3,(H2,11,12). The predicted octanol–water partition coefficient (Wildman–Crippen LogP) is 0.821. The van der Waals surface area contributed by atoms with Crippen molar-refractivity contribution in [1.29, 1.82) is 0 Å². The molecule has 1 aliphatic rings. The van der Waals surface area contributed by atoms with Gasteiger partial charge in [-0.1, -0.05) is 0 Å². The number of carbonyl (C=O) groups is 2. The molecule has 7 heteroatoms. The highest BCUT2D eigenvalue weighted by atomic mass is 32.1. The molecule has 1 saturated heterocycles. The van der Waals surface area contributed by atoms with Crippen LogP contribution in [0.1, 0.15) is 25.5 Å². The Morgan fingerprint density at radius 1 is 1.76 bits per heavy atom. The normalized spacial score (nSPS) is 23.5. The molecule has 1 atom stereocenters. The van der Waals surface area contributed by atoms with Crippen LogP contribution in [0.2, 0.25) is 0 Å². The monoisotopic (exact) mass is 256 g/mol. The van der Waals surface area contributed by atoms with Gasteiger partial charge in [0.25, 0.3) is 5.60 Å². The highest BCUT2D eigenvalue weighted by molar-refractivity contribution is 7.13. The summed E-state index contributed by atoms with van der Waals surface area (Å²) >= 11 is 1.19. The molecule has 2 N–H and O–H groups in total. The number of nitrogens with zero attached hydrogens (tertiary/aromatic N) is 1. The molecule has 6 nitrogen and oxygen atoms in total. The number of aromatic nitrogens is 1. The number of rotatable bonds is 3. The summed E-state index contributed by atoms with van der Waals surface area (Å²) in [6.45, 7) is 1.91. The van der Waals surface area contributed by atoms with E-state index in [2.05, 4.69) is 4.98 Å². The lowest BCUT2D eigenvalue weighted by atomic mass is 9.97. The number of hydrogen-bond donors (Lipinski definition) is 1. The van der Waals surface area contributed by atoms with Gasteiger partial charge < -0.3 is 15.2 Å². The number of hydrogen-bond acceptors (Lipinski definition) is 7. The largest absolute Gasteiger partial charge is 0.463 e. The summed E-state index contributed by atoms with van der Waals surface area (Å²) in [7, 11) is 0. The van der Waals surface area contributed by atoms with Crippen LogP contribution in [0.25, 0.3) is 0 Å². The molecule has 0 radical (unpaired) electrons. The third-order valence-electron chi connectivity index (χ3n) is 2.51. The molecule has 2 rings (SSSR count). The van der Waals surface area contributed by atoms with Gasteiger partial charge in [0.05, 0.1) is 13.0 Å². The zero-order valence-corrected chi connectivity index (χ0v) is 10.1. The molecule has 0 saturated carbocycles. The molecule has 1 unspecified atom stereocenters. The fourth-order valence-corrected chi connectivity index (χ4v) is 2.35. The van der Waals surface area contributed by atoms with Crippen LogP contribution in [-0.4, -0.2) is 23.5 Å². The zero-order chi connectivity index (χ0) is 12.5. The van der Waals surface area contributed by atoms with Crippen LogP contribution in [0, 0.1) is 0 Å². The van der Waals surface area contributed by atoms with E-state index in [1.165, 1.54) is 11.3 Å². The lowest BCUT2D eigenvalue weighted by Gasteiger charge is -2.22. The first-order valence-electron chi connectivity index (χ1n) is 5.19. The van der Waals surface area contributed by atoms with Gasteiger partial charge in [-0.25, -0.2) is 9.78 Å². The SMILES string of the molecule is CCOC(=O)C1(c2csc(N)n2)CCC(=O)O1. The molecular formula is C10H12N2O4S. The van der Waals surface area contributed by atoms with Gasteiger partial charge in [0.15, 0.2) is 5.13 Å². The Hall–Kier alpha value is -1.63. The minimum Gasteiger partial charge on any atom is -0.463 e. The molecule has 0 spiro atoms. The van der Waals surface area contributed by atoms with E-state index >= 15 is 0 Å². The van der Waals surface area contributed by atoms with E-state index in [4.69, 9.17) is 15.2 Å². The quantitative estimate of drug-likeness (QED) is 0.805. The maximum Gasteiger partial charge on any atom is 0.357 e. The topological polar surface area (TPSA) is 91.5 Å². The second-order valence-electron chi connectivity index (χ2n) is 3.59. The van der Waals surface area contributed by atoms with Crippen molar-refractivity contribution < 1.29 is 19.1 Å². The van der Waals surface area contributed by atoms with Gasteiger partial charge >= 0.3 is 11.9 Å². The highest BCUT2D eigenvalue weighted by Crippen LogP contribution is 2.38. The maximum absolute atomic E-state index is 11.9. The fourth-order valence-electron chi connectivity index (χ4n) is 1.72. The molecule has 0 amide bonds. The molecule has 0 bridgehead atoms. The molecular weight excluding hydrogens is 244 g/mol. The summed E-state index contributed by atoms with van der Waals surface area (Å²) in [6.07, 6.45) is 0.421. The predicted molar refractivity (Wildman–Crippen MR) is 60.2 cm³/mol. The molecule has 1 aromatic heterocycles. The van der Waals surface area contributed by atoms with Crippen LogP contribution in [-0.2, 0) is 24.7 Å². The van der Waals surface area contributed by atoms with E-state index in [1.807, 2.05) is 0 Å². The molecule has 1 aliphatic heterocycles. The Bertz CT molecular complexity index is 459. The Kier molecular flexibility index (Phi) is 3.01. The van der Waals surface area contributed by atoms with Crippen molar-refractivity contribution >= 4 is 28.4 Å². The molecule has 17 heavy (non-hydrogen) atoms. The first kappa shape index (κ1) is 11.8. The van der Waals surface area contributed by atoms with E-state index < -0.39 is 17.5 Å². The van der Waals surface area contributed by atoms with Gasteiger partial charge in [-0.3, -0.25) is 4.79 Å². The molecule has 1 aromatic rings. The number of anilines is 1. The van der Waals surface area contributed by atoms with Crippen molar-refractivity contribution in [2.75, 3.05) is 12.3 Å². The smallest absolute Gasteiger partial charge is 0.357 e. The molecule has 92 valence electrons. The second-order valence-corrected chi connectivity index (χ2v) is 4.48. The van der Waals surface area contributed by atoms with Crippen LogP contribution in [0.15, 0.2) is 5.38 Å². The van der Waals surface area contributed by atoms with Crippen molar-refractivity contribution in [2.24, 2.45) is 0 Å². The van der Waals surface area contributed by atoms with Gasteiger partial charge in [0.1, 0.15) is 5.69 Å². The first-order valence-corrected chi connectivity index (χ1v) is 6.07. The summed E-state index contributed by atoms with van der Waals surface area (Å²) in [6, 6.07) is 0. The van der Waals surface area contributed by atoms with Gasteiger partial charge in [0, 0.05) is 11.8 Å². The van der Waals surface area contributed by atoms with Crippen LogP contribution in [0.5, 0.6) is 0 Å². The number of nitrogens with two attached hydrogens (primary N) is 1. The number of nitrogen functional groups attached to an aromatic ring is 1. The van der Waals surface area contributed by atoms with Crippen molar-refractivity contribution in [2.45, 2.75) is 25.4 Å². The van der Waals surface area contributed by atoms with Crippen LogP contribution in [0.3, 0.4) is 0 Å². The third kappa shape index (κ3) is 1.97. The van der Waals surface area contributed by atoms with Crippen LogP contribution >= 0.6 is 11.3 Å². The second kappa shape index (κ2) is 4.33. The first-order chi connectivity index (χ1) is 8.08. The number of esters is 2. The Morgan fingerprint density at radius 3 is 3.00 bits per heavy atom. The van der Waals surface area contributed by atoms with Crippen LogP contribution in [0.4, 0.5) is 5.13 Å². The fraction of sp³-hybridized carbons (Fsp3) is 0.500. The highest BCUT2D eigenvalue weighted by Gasteiger charge is 2.52. The van der Waals surface area contributed by atoms with Crippen LogP contribution < -0.4 is 5.73 Å². The van der Waals surface area contributed by atoms with Gasteiger partial charge in [0.2, 0.25) is 0 Å². The number of cyclic esters (lactones) is 1. The minimum absolute atomic E-state index is 0.177. The van der Waals surface area contributed by atoms with E-state index in [1.54, 1.807) is 12.3 Å². The molecule has 0 aromatic carbocycles. The lowest BCUT2D eigenvalue weighted by Crippen LogP contribution is -2.37. The number of thiazole rings is 1. The van der Waals surface area contributed by atoms with Gasteiger partial charge in [-0.2, -0.15) is 0 Å². The Morgan fingerprint density at radius 2 is 2.53 bits per heavy atom. The maximum atomic E-state index is 11.9. The Balaban J connectivity index is 2.37. The minimum atomic E-state index is -1.40. The lowest BCUT2D eigenvalue weighted by molar-refractivity contribution is -0.175. The summed E-state index contributed by atoms with van der Waals surface area (Å²) in [5.41, 5.74) is 4.48. The Labute approximate surface area is 102 Å².